The minimum atomic E-state index is -3.58. The van der Waals surface area contributed by atoms with Crippen LogP contribution >= 0.6 is 12.4 Å². The Balaban J connectivity index is 0.00000400. The summed E-state index contributed by atoms with van der Waals surface area (Å²) in [5.74, 6) is -0.335. The van der Waals surface area contributed by atoms with Gasteiger partial charge in [-0.1, -0.05) is 0 Å². The second kappa shape index (κ2) is 8.38. The molecule has 0 fully saturated rings. The van der Waals surface area contributed by atoms with Crippen LogP contribution in [0.25, 0.3) is 0 Å². The Morgan fingerprint density at radius 1 is 1.33 bits per heavy atom. The Bertz CT molecular complexity index is 557. The number of hydrogen-bond donors (Lipinski definition) is 4. The topological polar surface area (TPSA) is 103 Å². The number of hydrogen-bond acceptors (Lipinski definition) is 4. The molecule has 9 heteroatoms. The molecule has 0 saturated carbocycles. The van der Waals surface area contributed by atoms with Gasteiger partial charge in [0.15, 0.2) is 0 Å². The van der Waals surface area contributed by atoms with Crippen LogP contribution in [0.15, 0.2) is 17.2 Å². The van der Waals surface area contributed by atoms with Crippen molar-refractivity contribution in [3.63, 3.8) is 0 Å². The van der Waals surface area contributed by atoms with Crippen LogP contribution in [0.3, 0.4) is 0 Å². The van der Waals surface area contributed by atoms with Crippen LogP contribution in [0.1, 0.15) is 31.3 Å². The van der Waals surface area contributed by atoms with E-state index >= 15 is 0 Å². The van der Waals surface area contributed by atoms with Gasteiger partial charge in [-0.2, -0.15) is 0 Å². The van der Waals surface area contributed by atoms with Crippen LogP contribution in [0.4, 0.5) is 0 Å². The third-order valence-electron chi connectivity index (χ3n) is 2.66. The first-order valence-electron chi connectivity index (χ1n) is 6.42. The van der Waals surface area contributed by atoms with Crippen molar-refractivity contribution >= 4 is 28.3 Å². The molecule has 1 heterocycles. The molecule has 21 heavy (non-hydrogen) atoms. The molecule has 0 aliphatic heterocycles. The third-order valence-corrected chi connectivity index (χ3v) is 4.30. The molecule has 0 spiro atoms. The van der Waals surface area contributed by atoms with Gasteiger partial charge in [-0.3, -0.25) is 4.79 Å². The lowest BCUT2D eigenvalue weighted by molar-refractivity contribution is 0.0946. The Morgan fingerprint density at radius 3 is 2.48 bits per heavy atom. The van der Waals surface area contributed by atoms with Gasteiger partial charge in [-0.25, -0.2) is 13.1 Å². The van der Waals surface area contributed by atoms with Gasteiger partial charge < -0.3 is 15.6 Å². The van der Waals surface area contributed by atoms with Gasteiger partial charge in [0, 0.05) is 24.8 Å². The van der Waals surface area contributed by atoms with Crippen LogP contribution in [-0.4, -0.2) is 45.0 Å². The quantitative estimate of drug-likeness (QED) is 0.580. The third kappa shape index (κ3) is 6.04. The highest BCUT2D eigenvalue weighted by molar-refractivity contribution is 7.89. The van der Waals surface area contributed by atoms with Crippen molar-refractivity contribution in [3.05, 3.63) is 18.0 Å². The summed E-state index contributed by atoms with van der Waals surface area (Å²) in [7, 11) is -1.78. The summed E-state index contributed by atoms with van der Waals surface area (Å²) in [5, 5.41) is 5.70. The number of nitrogens with one attached hydrogen (secondary N) is 4. The Morgan fingerprint density at radius 2 is 1.95 bits per heavy atom. The molecule has 0 aromatic carbocycles. The number of rotatable bonds is 7. The highest BCUT2D eigenvalue weighted by atomic mass is 35.5. The summed E-state index contributed by atoms with van der Waals surface area (Å²) in [6, 6.07) is 1.26. The van der Waals surface area contributed by atoms with E-state index in [0.29, 0.717) is 6.54 Å². The SMILES string of the molecule is CNC(C)CNC(=O)c1cc(S(=O)(=O)NC(C)C)c[nH]1.Cl. The van der Waals surface area contributed by atoms with Crippen molar-refractivity contribution in [1.82, 2.24) is 20.3 Å². The first-order valence-corrected chi connectivity index (χ1v) is 7.90. The minimum absolute atomic E-state index is 0. The molecular formula is C12H23ClN4O3S. The van der Waals surface area contributed by atoms with Crippen molar-refractivity contribution in [2.75, 3.05) is 13.6 Å². The predicted octanol–water partition coefficient (Wildman–Crippen LogP) is 0.461. The molecule has 0 aliphatic carbocycles. The molecule has 0 saturated heterocycles. The fourth-order valence-electron chi connectivity index (χ4n) is 1.48. The second-order valence-electron chi connectivity index (χ2n) is 4.92. The number of H-pyrrole nitrogens is 1. The van der Waals surface area contributed by atoms with E-state index in [9.17, 15) is 13.2 Å². The van der Waals surface area contributed by atoms with Gasteiger partial charge in [0.2, 0.25) is 10.0 Å². The molecule has 1 amide bonds. The molecule has 1 aromatic heterocycles. The molecule has 122 valence electrons. The van der Waals surface area contributed by atoms with Crippen molar-refractivity contribution in [3.8, 4) is 0 Å². The normalized spacial score (nSPS) is 12.8. The first-order chi connectivity index (χ1) is 9.26. The minimum Gasteiger partial charge on any atom is -0.356 e. The monoisotopic (exact) mass is 338 g/mol. The molecule has 1 unspecified atom stereocenters. The zero-order valence-corrected chi connectivity index (χ0v) is 14.2. The summed E-state index contributed by atoms with van der Waals surface area (Å²) in [4.78, 5) is 14.6. The predicted molar refractivity (Wildman–Crippen MR) is 84.4 cm³/mol. The van der Waals surface area contributed by atoms with E-state index in [-0.39, 0.29) is 41.0 Å². The molecule has 0 bridgehead atoms. The molecule has 1 atom stereocenters. The van der Waals surface area contributed by atoms with Gasteiger partial charge >= 0.3 is 0 Å². The number of sulfonamides is 1. The second-order valence-corrected chi connectivity index (χ2v) is 6.64. The fourth-order valence-corrected chi connectivity index (χ4v) is 2.73. The first kappa shape index (κ1) is 19.9. The molecule has 0 aliphatic rings. The number of halogens is 1. The zero-order valence-electron chi connectivity index (χ0n) is 12.6. The van der Waals surface area contributed by atoms with E-state index in [4.69, 9.17) is 0 Å². The van der Waals surface area contributed by atoms with Crippen molar-refractivity contribution in [2.24, 2.45) is 0 Å². The summed E-state index contributed by atoms with van der Waals surface area (Å²) >= 11 is 0. The fraction of sp³-hybridized carbons (Fsp3) is 0.583. The van der Waals surface area contributed by atoms with Crippen LogP contribution in [0.2, 0.25) is 0 Å². The maximum atomic E-state index is 11.9. The largest absolute Gasteiger partial charge is 0.356 e. The Hall–Kier alpha value is -1.09. The van der Waals surface area contributed by atoms with Crippen LogP contribution in [0.5, 0.6) is 0 Å². The average Bonchev–Trinajstić information content (AvgIpc) is 2.84. The highest BCUT2D eigenvalue weighted by Gasteiger charge is 2.19. The number of carbonyl (C=O) groups excluding carboxylic acids is 1. The highest BCUT2D eigenvalue weighted by Crippen LogP contribution is 2.11. The average molecular weight is 339 g/mol. The van der Waals surface area contributed by atoms with E-state index in [2.05, 4.69) is 20.3 Å². The maximum absolute atomic E-state index is 11.9. The van der Waals surface area contributed by atoms with Crippen LogP contribution in [-0.2, 0) is 10.0 Å². The molecule has 7 nitrogen and oxygen atoms in total. The number of aromatic amines is 1. The lowest BCUT2D eigenvalue weighted by atomic mass is 10.3. The van der Waals surface area contributed by atoms with Gasteiger partial charge in [0.25, 0.3) is 5.91 Å². The summed E-state index contributed by atoms with van der Waals surface area (Å²) in [6.45, 7) is 5.85. The van der Waals surface area contributed by atoms with E-state index < -0.39 is 10.0 Å². The molecule has 1 aromatic rings. The smallest absolute Gasteiger partial charge is 0.267 e. The van der Waals surface area contributed by atoms with Crippen LogP contribution < -0.4 is 15.4 Å². The Labute approximate surface area is 131 Å². The lowest BCUT2D eigenvalue weighted by Crippen LogP contribution is -2.37. The molecular weight excluding hydrogens is 316 g/mol. The maximum Gasteiger partial charge on any atom is 0.267 e. The number of amides is 1. The van der Waals surface area contributed by atoms with Crippen LogP contribution in [0, 0.1) is 0 Å². The van der Waals surface area contributed by atoms with E-state index in [1.54, 1.807) is 20.9 Å². The summed E-state index contributed by atoms with van der Waals surface area (Å²) in [6.07, 6.45) is 1.31. The van der Waals surface area contributed by atoms with Gasteiger partial charge in [-0.05, 0) is 33.9 Å². The Kier molecular flexibility index (Phi) is 7.94. The zero-order chi connectivity index (χ0) is 15.3. The van der Waals surface area contributed by atoms with Crippen molar-refractivity contribution < 1.29 is 13.2 Å². The lowest BCUT2D eigenvalue weighted by Gasteiger charge is -2.10. The molecule has 4 N–H and O–H groups in total. The molecule has 1 rings (SSSR count). The summed E-state index contributed by atoms with van der Waals surface area (Å²) < 4.78 is 26.3. The van der Waals surface area contributed by atoms with Crippen molar-refractivity contribution in [2.45, 2.75) is 37.8 Å². The van der Waals surface area contributed by atoms with Crippen molar-refractivity contribution in [1.29, 1.82) is 0 Å². The van der Waals surface area contributed by atoms with Gasteiger partial charge in [0.05, 0.1) is 0 Å². The summed E-state index contributed by atoms with van der Waals surface area (Å²) in [5.41, 5.74) is 0.220. The van der Waals surface area contributed by atoms with E-state index in [1.807, 2.05) is 6.92 Å². The number of likely N-dealkylation sites (N-methyl/N-ethyl adjacent to an activating group) is 1. The standard InChI is InChI=1S/C12H22N4O3S.ClH/c1-8(2)16-20(18,19)10-5-11(14-7-10)12(17)15-6-9(3)13-4;/h5,7-9,13-14,16H,6H2,1-4H3,(H,15,17);1H. The van der Waals surface area contributed by atoms with Gasteiger partial charge in [-0.15, -0.1) is 12.4 Å². The number of carbonyl (C=O) groups is 1. The van der Waals surface area contributed by atoms with Gasteiger partial charge in [0.1, 0.15) is 10.6 Å². The van der Waals surface area contributed by atoms with E-state index in [1.165, 1.54) is 12.3 Å². The molecule has 0 radical (unpaired) electrons. The van der Waals surface area contributed by atoms with E-state index in [0.717, 1.165) is 0 Å². The number of aromatic nitrogens is 1.